The van der Waals surface area contributed by atoms with E-state index in [4.69, 9.17) is 27.9 Å². The summed E-state index contributed by atoms with van der Waals surface area (Å²) in [4.78, 5) is 11.3. The molecular weight excluding hydrogens is 211 g/mol. The minimum absolute atomic E-state index is 0.426. The van der Waals surface area contributed by atoms with E-state index in [1.165, 1.54) is 6.92 Å². The molecule has 2 nitrogen and oxygen atoms in total. The molecule has 0 amide bonds. The molecule has 1 aromatic carbocycles. The van der Waals surface area contributed by atoms with Gasteiger partial charge in [0.25, 0.3) is 4.52 Å². The molecule has 0 aliphatic heterocycles. The average molecular weight is 219 g/mol. The van der Waals surface area contributed by atoms with E-state index in [2.05, 4.69) is 0 Å². The maximum Gasteiger partial charge on any atom is 0.340 e. The summed E-state index contributed by atoms with van der Waals surface area (Å²) in [5.41, 5.74) is 0.426. The molecular formula is C9H8Cl2O2. The lowest BCUT2D eigenvalue weighted by molar-refractivity contribution is 0.0407. The van der Waals surface area contributed by atoms with Gasteiger partial charge in [-0.15, -0.1) is 0 Å². The van der Waals surface area contributed by atoms with Crippen molar-refractivity contribution in [3.63, 3.8) is 0 Å². The van der Waals surface area contributed by atoms with Gasteiger partial charge >= 0.3 is 5.97 Å². The van der Waals surface area contributed by atoms with Crippen LogP contribution in [0.25, 0.3) is 0 Å². The predicted octanol–water partition coefficient (Wildman–Crippen LogP) is 2.99. The van der Waals surface area contributed by atoms with Crippen LogP contribution in [-0.2, 0) is 4.74 Å². The molecule has 4 heteroatoms. The molecule has 70 valence electrons. The molecule has 13 heavy (non-hydrogen) atoms. The molecule has 0 bridgehead atoms. The van der Waals surface area contributed by atoms with Crippen LogP contribution in [0.2, 0.25) is 0 Å². The first-order valence-electron chi connectivity index (χ1n) is 3.65. The average Bonchev–Trinajstić information content (AvgIpc) is 2.03. The fourth-order valence-corrected chi connectivity index (χ4v) is 0.936. The van der Waals surface area contributed by atoms with Crippen molar-refractivity contribution in [2.45, 2.75) is 11.4 Å². The lowest BCUT2D eigenvalue weighted by atomic mass is 10.2. The van der Waals surface area contributed by atoms with E-state index in [0.717, 1.165) is 0 Å². The van der Waals surface area contributed by atoms with Crippen LogP contribution in [0.4, 0.5) is 0 Å². The van der Waals surface area contributed by atoms with E-state index in [0.29, 0.717) is 5.56 Å². The summed E-state index contributed by atoms with van der Waals surface area (Å²) in [6.07, 6.45) is 0. The summed E-state index contributed by atoms with van der Waals surface area (Å²) in [7, 11) is 0. The number of hydrogen-bond acceptors (Lipinski definition) is 2. The Hall–Kier alpha value is -0.730. The van der Waals surface area contributed by atoms with Crippen LogP contribution >= 0.6 is 23.2 Å². The molecule has 0 aliphatic rings. The van der Waals surface area contributed by atoms with E-state index in [1.54, 1.807) is 30.3 Å². The highest BCUT2D eigenvalue weighted by atomic mass is 35.5. The highest BCUT2D eigenvalue weighted by molar-refractivity contribution is 6.47. The van der Waals surface area contributed by atoms with Crippen molar-refractivity contribution < 1.29 is 9.53 Å². The molecule has 0 fully saturated rings. The lowest BCUT2D eigenvalue weighted by Gasteiger charge is -2.13. The molecule has 0 saturated carbocycles. The van der Waals surface area contributed by atoms with E-state index in [-0.39, 0.29) is 0 Å². The zero-order chi connectivity index (χ0) is 9.90. The smallest absolute Gasteiger partial charge is 0.340 e. The van der Waals surface area contributed by atoms with Crippen LogP contribution in [0, 0.1) is 0 Å². The number of ether oxygens (including phenoxy) is 1. The Bertz CT molecular complexity index is 290. The fraction of sp³-hybridized carbons (Fsp3) is 0.222. The second kappa shape index (κ2) is 3.99. The van der Waals surface area contributed by atoms with Gasteiger partial charge in [-0.25, -0.2) is 4.79 Å². The molecule has 0 unspecified atom stereocenters. The van der Waals surface area contributed by atoms with Crippen LogP contribution in [0.5, 0.6) is 0 Å². The van der Waals surface area contributed by atoms with E-state index < -0.39 is 10.5 Å². The molecule has 1 aromatic rings. The van der Waals surface area contributed by atoms with Gasteiger partial charge in [0.1, 0.15) is 0 Å². The minimum Gasteiger partial charge on any atom is -0.425 e. The van der Waals surface area contributed by atoms with Gasteiger partial charge in [-0.05, 0) is 12.1 Å². The van der Waals surface area contributed by atoms with Gasteiger partial charge in [0.05, 0.1) is 5.56 Å². The van der Waals surface area contributed by atoms with Crippen LogP contribution in [0.15, 0.2) is 30.3 Å². The van der Waals surface area contributed by atoms with Crippen LogP contribution < -0.4 is 0 Å². The summed E-state index contributed by atoms with van der Waals surface area (Å²) >= 11 is 11.0. The summed E-state index contributed by atoms with van der Waals surface area (Å²) in [6, 6.07) is 8.52. The molecule has 0 spiro atoms. The highest BCUT2D eigenvalue weighted by Gasteiger charge is 2.22. The van der Waals surface area contributed by atoms with Crippen molar-refractivity contribution >= 4 is 29.2 Å². The maximum absolute atomic E-state index is 11.3. The number of carbonyl (C=O) groups excluding carboxylic acids is 1. The van der Waals surface area contributed by atoms with Gasteiger partial charge in [0.15, 0.2) is 0 Å². The fourth-order valence-electron chi connectivity index (χ4n) is 0.796. The Balaban J connectivity index is 2.71. The lowest BCUT2D eigenvalue weighted by Crippen LogP contribution is -2.18. The van der Waals surface area contributed by atoms with Crippen LogP contribution in [-0.4, -0.2) is 10.5 Å². The Morgan fingerprint density at radius 2 is 1.85 bits per heavy atom. The summed E-state index contributed by atoms with van der Waals surface area (Å²) in [5, 5.41) is 0. The first-order valence-corrected chi connectivity index (χ1v) is 4.41. The van der Waals surface area contributed by atoms with E-state index in [1.807, 2.05) is 0 Å². The first-order chi connectivity index (χ1) is 5.99. The number of alkyl halides is 2. The number of benzene rings is 1. The molecule has 0 atom stereocenters. The third-order valence-electron chi connectivity index (χ3n) is 1.28. The molecule has 0 aromatic heterocycles. The SMILES string of the molecule is CC(Cl)(Cl)OC(=O)c1ccccc1. The monoisotopic (exact) mass is 218 g/mol. The van der Waals surface area contributed by atoms with Crippen LogP contribution in [0.3, 0.4) is 0 Å². The molecule has 0 saturated heterocycles. The summed E-state index contributed by atoms with van der Waals surface area (Å²) in [5.74, 6) is -0.534. The molecule has 0 heterocycles. The molecule has 0 radical (unpaired) electrons. The predicted molar refractivity (Wildman–Crippen MR) is 52.0 cm³/mol. The number of esters is 1. The van der Waals surface area contributed by atoms with Gasteiger partial charge in [0.2, 0.25) is 0 Å². The van der Waals surface area contributed by atoms with Crippen molar-refractivity contribution in [1.29, 1.82) is 0 Å². The standard InChI is InChI=1S/C9H8Cl2O2/c1-9(10,11)13-8(12)7-5-3-2-4-6-7/h2-6H,1H3. The van der Waals surface area contributed by atoms with Gasteiger partial charge < -0.3 is 4.74 Å². The van der Waals surface area contributed by atoms with Crippen molar-refractivity contribution in [3.8, 4) is 0 Å². The second-order valence-corrected chi connectivity index (χ2v) is 4.20. The third-order valence-corrected chi connectivity index (χ3v) is 1.44. The van der Waals surface area contributed by atoms with Gasteiger partial charge in [-0.2, -0.15) is 0 Å². The normalized spacial score (nSPS) is 11.0. The molecule has 1 rings (SSSR count). The van der Waals surface area contributed by atoms with E-state index in [9.17, 15) is 4.79 Å². The Labute approximate surface area is 86.4 Å². The third kappa shape index (κ3) is 3.66. The zero-order valence-corrected chi connectivity index (χ0v) is 8.47. The minimum atomic E-state index is -1.48. The Kier molecular flexibility index (Phi) is 3.17. The van der Waals surface area contributed by atoms with Gasteiger partial charge in [0, 0.05) is 6.92 Å². The Morgan fingerprint density at radius 3 is 2.31 bits per heavy atom. The van der Waals surface area contributed by atoms with Crippen molar-refractivity contribution in [3.05, 3.63) is 35.9 Å². The Morgan fingerprint density at radius 1 is 1.31 bits per heavy atom. The topological polar surface area (TPSA) is 26.3 Å². The zero-order valence-electron chi connectivity index (χ0n) is 6.96. The molecule has 0 aliphatic carbocycles. The van der Waals surface area contributed by atoms with Gasteiger partial charge in [-0.3, -0.25) is 0 Å². The van der Waals surface area contributed by atoms with Crippen molar-refractivity contribution in [1.82, 2.24) is 0 Å². The van der Waals surface area contributed by atoms with Gasteiger partial charge in [-0.1, -0.05) is 41.4 Å². The highest BCUT2D eigenvalue weighted by Crippen LogP contribution is 2.22. The van der Waals surface area contributed by atoms with Crippen molar-refractivity contribution in [2.24, 2.45) is 0 Å². The van der Waals surface area contributed by atoms with Crippen molar-refractivity contribution in [2.75, 3.05) is 0 Å². The van der Waals surface area contributed by atoms with Crippen LogP contribution in [0.1, 0.15) is 17.3 Å². The van der Waals surface area contributed by atoms with E-state index >= 15 is 0 Å². The largest absolute Gasteiger partial charge is 0.425 e. The number of hydrogen-bond donors (Lipinski definition) is 0. The number of rotatable bonds is 2. The summed E-state index contributed by atoms with van der Waals surface area (Å²) in [6.45, 7) is 1.39. The second-order valence-electron chi connectivity index (χ2n) is 2.56. The number of carbonyl (C=O) groups is 1. The first kappa shape index (κ1) is 10.4. The molecule has 0 N–H and O–H groups in total. The number of halogens is 2. The summed E-state index contributed by atoms with van der Waals surface area (Å²) < 4.78 is 3.24. The quantitative estimate of drug-likeness (QED) is 0.564. The maximum atomic E-state index is 11.3.